The molecule has 1 aromatic heterocycles. The molecular weight excluding hydrogens is 516 g/mol. The van der Waals surface area contributed by atoms with Crippen LogP contribution in [-0.4, -0.2) is 35.3 Å². The highest BCUT2D eigenvalue weighted by Gasteiger charge is 2.16. The minimum Gasteiger partial charge on any atom is -0.487 e. The number of aliphatic hydroxyl groups excluding tert-OH is 1. The molecule has 1 heterocycles. The van der Waals surface area contributed by atoms with Gasteiger partial charge < -0.3 is 30.8 Å². The summed E-state index contributed by atoms with van der Waals surface area (Å²) in [5.41, 5.74) is 3.94. The Morgan fingerprint density at radius 3 is 2.59 bits per heavy atom. The number of urea groups is 1. The molecule has 1 saturated carbocycles. The third kappa shape index (κ3) is 7.96. The van der Waals surface area contributed by atoms with Crippen LogP contribution in [0.25, 0.3) is 10.9 Å². The number of carbonyl (C=O) groups is 1. The predicted octanol–water partition coefficient (Wildman–Crippen LogP) is 5.43. The summed E-state index contributed by atoms with van der Waals surface area (Å²) in [6.45, 7) is 1.38. The number of nitrogens with one attached hydrogen (secondary N) is 4. The Morgan fingerprint density at radius 2 is 1.76 bits per heavy atom. The Kier molecular flexibility index (Phi) is 9.67. The lowest BCUT2D eigenvalue weighted by Crippen LogP contribution is -2.39. The number of amides is 2. The summed E-state index contributed by atoms with van der Waals surface area (Å²) < 4.78 is 6.02. The molecule has 1 atom stereocenters. The Labute approximate surface area is 240 Å². The number of aliphatic hydroxyl groups is 1. The standard InChI is InChI=1S/C33H38N4O4/c38-29(21-34-19-18-23-10-7-13-26(20-23)36-33(40)35-25-11-5-2-6-12-25)27-14-16-30(32-28(27)15-17-31(39)37-32)41-22-24-8-3-1-4-9-24/h1,3-4,7-10,13-17,20,25,29,34,38H,2,5-6,11-12,18-19,21-22H2,(H,37,39)(H2,35,36,40). The lowest BCUT2D eigenvalue weighted by atomic mass is 9.96. The second kappa shape index (κ2) is 14.0. The third-order valence-corrected chi connectivity index (χ3v) is 7.54. The Balaban J connectivity index is 1.14. The number of anilines is 1. The fourth-order valence-corrected chi connectivity index (χ4v) is 5.38. The van der Waals surface area contributed by atoms with Gasteiger partial charge in [-0.2, -0.15) is 0 Å². The third-order valence-electron chi connectivity index (χ3n) is 7.54. The van der Waals surface area contributed by atoms with E-state index < -0.39 is 6.10 Å². The van der Waals surface area contributed by atoms with Crippen LogP contribution in [0.5, 0.6) is 5.75 Å². The smallest absolute Gasteiger partial charge is 0.319 e. The van der Waals surface area contributed by atoms with E-state index in [9.17, 15) is 14.7 Å². The average molecular weight is 555 g/mol. The molecule has 0 radical (unpaired) electrons. The van der Waals surface area contributed by atoms with Crippen LogP contribution in [0.15, 0.2) is 83.7 Å². The molecule has 5 N–H and O–H groups in total. The van der Waals surface area contributed by atoms with Gasteiger partial charge in [-0.3, -0.25) is 4.79 Å². The highest BCUT2D eigenvalue weighted by atomic mass is 16.5. The number of ether oxygens (including phenoxy) is 1. The van der Waals surface area contributed by atoms with Crippen molar-refractivity contribution in [2.45, 2.75) is 57.3 Å². The molecule has 214 valence electrons. The number of hydrogen-bond acceptors (Lipinski definition) is 5. The quantitative estimate of drug-likeness (QED) is 0.159. The molecule has 4 aromatic rings. The van der Waals surface area contributed by atoms with Crippen molar-refractivity contribution in [3.8, 4) is 5.75 Å². The molecule has 1 aliphatic carbocycles. The van der Waals surface area contributed by atoms with Crippen molar-refractivity contribution < 1.29 is 14.6 Å². The van der Waals surface area contributed by atoms with Gasteiger partial charge in [0, 0.05) is 29.7 Å². The maximum absolute atomic E-state index is 12.4. The normalized spacial score (nSPS) is 14.5. The zero-order valence-electron chi connectivity index (χ0n) is 23.2. The summed E-state index contributed by atoms with van der Waals surface area (Å²) in [4.78, 5) is 27.4. The molecule has 0 saturated heterocycles. The van der Waals surface area contributed by atoms with E-state index in [2.05, 4.69) is 20.9 Å². The van der Waals surface area contributed by atoms with Crippen molar-refractivity contribution in [1.82, 2.24) is 15.6 Å². The molecule has 0 bridgehead atoms. The van der Waals surface area contributed by atoms with Crippen LogP contribution >= 0.6 is 0 Å². The largest absolute Gasteiger partial charge is 0.487 e. The summed E-state index contributed by atoms with van der Waals surface area (Å²) in [7, 11) is 0. The average Bonchev–Trinajstić information content (AvgIpc) is 2.99. The Morgan fingerprint density at radius 1 is 0.951 bits per heavy atom. The minimum atomic E-state index is -0.775. The maximum atomic E-state index is 12.4. The van der Waals surface area contributed by atoms with E-state index >= 15 is 0 Å². The van der Waals surface area contributed by atoms with Crippen LogP contribution in [0.2, 0.25) is 0 Å². The van der Waals surface area contributed by atoms with Gasteiger partial charge in [0.25, 0.3) is 0 Å². The monoisotopic (exact) mass is 554 g/mol. The predicted molar refractivity (Wildman–Crippen MR) is 162 cm³/mol. The van der Waals surface area contributed by atoms with Gasteiger partial charge >= 0.3 is 6.03 Å². The van der Waals surface area contributed by atoms with Gasteiger partial charge in [0.1, 0.15) is 12.4 Å². The molecule has 1 fully saturated rings. The van der Waals surface area contributed by atoms with Gasteiger partial charge in [0.05, 0.1) is 11.6 Å². The Bertz CT molecular complexity index is 1500. The lowest BCUT2D eigenvalue weighted by molar-refractivity contribution is 0.176. The van der Waals surface area contributed by atoms with Gasteiger partial charge in [-0.1, -0.05) is 67.8 Å². The number of pyridine rings is 1. The first-order valence-electron chi connectivity index (χ1n) is 14.4. The topological polar surface area (TPSA) is 115 Å². The van der Waals surface area contributed by atoms with E-state index in [4.69, 9.17) is 4.74 Å². The van der Waals surface area contributed by atoms with Gasteiger partial charge in [-0.15, -0.1) is 0 Å². The van der Waals surface area contributed by atoms with Crippen molar-refractivity contribution >= 4 is 22.6 Å². The molecule has 5 rings (SSSR count). The van der Waals surface area contributed by atoms with E-state index in [1.54, 1.807) is 12.1 Å². The molecule has 2 amide bonds. The number of benzene rings is 3. The van der Waals surface area contributed by atoms with Crippen LogP contribution in [0.4, 0.5) is 10.5 Å². The van der Waals surface area contributed by atoms with E-state index in [0.29, 0.717) is 36.5 Å². The van der Waals surface area contributed by atoms with E-state index in [1.165, 1.54) is 25.3 Å². The Hall–Kier alpha value is -4.14. The molecule has 8 nitrogen and oxygen atoms in total. The van der Waals surface area contributed by atoms with Crippen molar-refractivity contribution in [3.05, 3.63) is 106 Å². The van der Waals surface area contributed by atoms with E-state index in [1.807, 2.05) is 60.7 Å². The van der Waals surface area contributed by atoms with E-state index in [-0.39, 0.29) is 17.6 Å². The maximum Gasteiger partial charge on any atom is 0.319 e. The second-order valence-corrected chi connectivity index (χ2v) is 10.6. The van der Waals surface area contributed by atoms with Crippen LogP contribution in [0.1, 0.15) is 54.9 Å². The number of fused-ring (bicyclic) bond motifs is 1. The van der Waals surface area contributed by atoms with Gasteiger partial charge in [0.2, 0.25) is 5.56 Å². The summed E-state index contributed by atoms with van der Waals surface area (Å²) in [5, 5.41) is 21.1. The molecule has 1 unspecified atom stereocenters. The highest BCUT2D eigenvalue weighted by molar-refractivity contribution is 5.89. The van der Waals surface area contributed by atoms with Crippen molar-refractivity contribution in [3.63, 3.8) is 0 Å². The van der Waals surface area contributed by atoms with Crippen molar-refractivity contribution in [2.75, 3.05) is 18.4 Å². The number of carbonyl (C=O) groups excluding carboxylic acids is 1. The number of rotatable bonds is 11. The van der Waals surface area contributed by atoms with Gasteiger partial charge in [-0.05, 0) is 66.8 Å². The lowest BCUT2D eigenvalue weighted by Gasteiger charge is -2.22. The first-order valence-corrected chi connectivity index (χ1v) is 14.4. The van der Waals surface area contributed by atoms with Crippen LogP contribution in [-0.2, 0) is 13.0 Å². The fourth-order valence-electron chi connectivity index (χ4n) is 5.38. The number of aromatic nitrogens is 1. The minimum absolute atomic E-state index is 0.152. The number of hydrogen-bond donors (Lipinski definition) is 5. The van der Waals surface area contributed by atoms with Crippen molar-refractivity contribution in [1.29, 1.82) is 0 Å². The summed E-state index contributed by atoms with van der Waals surface area (Å²) in [6, 6.07) is 24.6. The van der Waals surface area contributed by atoms with Crippen LogP contribution in [0, 0.1) is 0 Å². The summed E-state index contributed by atoms with van der Waals surface area (Å²) in [5.74, 6) is 0.561. The molecule has 0 spiro atoms. The SMILES string of the molecule is O=C(Nc1cccc(CCNCC(O)c2ccc(OCc3ccccc3)c3[nH]c(=O)ccc23)c1)NC1CCCCC1. The molecule has 3 aromatic carbocycles. The highest BCUT2D eigenvalue weighted by Crippen LogP contribution is 2.30. The first-order chi connectivity index (χ1) is 20.0. The van der Waals surface area contributed by atoms with Crippen LogP contribution < -0.4 is 26.2 Å². The van der Waals surface area contributed by atoms with Gasteiger partial charge in [0.15, 0.2) is 0 Å². The fraction of sp³-hybridized carbons (Fsp3) is 0.333. The van der Waals surface area contributed by atoms with Gasteiger partial charge in [-0.25, -0.2) is 4.79 Å². The van der Waals surface area contributed by atoms with Crippen molar-refractivity contribution in [2.24, 2.45) is 0 Å². The molecule has 0 aliphatic heterocycles. The second-order valence-electron chi connectivity index (χ2n) is 10.6. The summed E-state index contributed by atoms with van der Waals surface area (Å²) >= 11 is 0. The van der Waals surface area contributed by atoms with E-state index in [0.717, 1.165) is 41.5 Å². The van der Waals surface area contributed by atoms with Crippen LogP contribution in [0.3, 0.4) is 0 Å². The zero-order valence-corrected chi connectivity index (χ0v) is 23.2. The summed E-state index contributed by atoms with van der Waals surface area (Å²) in [6.07, 6.45) is 5.66. The molecular formula is C33H38N4O4. The molecule has 8 heteroatoms. The molecule has 1 aliphatic rings. The zero-order chi connectivity index (χ0) is 28.4. The molecule has 41 heavy (non-hydrogen) atoms. The number of H-pyrrole nitrogens is 1. The number of aromatic amines is 1. The first kappa shape index (κ1) is 28.4.